The fraction of sp³-hybridized carbons (Fsp3) is 0.875. The predicted molar refractivity (Wildman–Crippen MR) is 44.5 cm³/mol. The summed E-state index contributed by atoms with van der Waals surface area (Å²) in [6.07, 6.45) is 0.911. The van der Waals surface area contributed by atoms with Gasteiger partial charge in [0.1, 0.15) is 0 Å². The van der Waals surface area contributed by atoms with Crippen LogP contribution in [0.15, 0.2) is 5.10 Å². The van der Waals surface area contributed by atoms with Crippen molar-refractivity contribution in [1.82, 2.24) is 5.43 Å². The number of nitrogens with one attached hydrogen (secondary N) is 1. The summed E-state index contributed by atoms with van der Waals surface area (Å²) in [5.74, 6) is 0.468. The Morgan fingerprint density at radius 3 is 2.92 bits per heavy atom. The van der Waals surface area contributed by atoms with Crippen LogP contribution in [0.2, 0.25) is 0 Å². The van der Waals surface area contributed by atoms with Crippen LogP contribution in [0.3, 0.4) is 0 Å². The number of nitrogens with zero attached hydrogens (tertiary/aromatic N) is 1. The molecule has 0 heterocycles. The highest BCUT2D eigenvalue weighted by Gasteiger charge is 2.17. The highest BCUT2D eigenvalue weighted by Crippen LogP contribution is 2.21. The molecule has 12 heavy (non-hydrogen) atoms. The molecule has 70 valence electrons. The lowest BCUT2D eigenvalue weighted by atomic mass is 10.1. The molecule has 4 heteroatoms. The van der Waals surface area contributed by atoms with Gasteiger partial charge in [-0.05, 0) is 25.2 Å². The maximum absolute atomic E-state index is 11.7. The van der Waals surface area contributed by atoms with Gasteiger partial charge in [-0.25, -0.2) is 8.78 Å². The second kappa shape index (κ2) is 4.38. The molecule has 1 aliphatic carbocycles. The van der Waals surface area contributed by atoms with Crippen molar-refractivity contribution in [2.45, 2.75) is 32.6 Å². The molecule has 0 bridgehead atoms. The van der Waals surface area contributed by atoms with Crippen molar-refractivity contribution in [3.05, 3.63) is 0 Å². The minimum Gasteiger partial charge on any atom is -0.304 e. The first-order chi connectivity index (χ1) is 5.70. The van der Waals surface area contributed by atoms with E-state index in [1.54, 1.807) is 0 Å². The van der Waals surface area contributed by atoms with Gasteiger partial charge in [-0.15, -0.1) is 0 Å². The molecule has 0 aliphatic heterocycles. The molecule has 2 nitrogen and oxygen atoms in total. The minimum absolute atomic E-state index is 0.337. The standard InChI is InChI=1S/C8H14F2N2/c1-6-3-2-4-7(6)12-11-5-8(9)10/h6,8,11H,2-5H2,1H3/b12-7+. The van der Waals surface area contributed by atoms with E-state index in [9.17, 15) is 8.78 Å². The summed E-state index contributed by atoms with van der Waals surface area (Å²) < 4.78 is 23.3. The summed E-state index contributed by atoms with van der Waals surface area (Å²) >= 11 is 0. The van der Waals surface area contributed by atoms with Crippen LogP contribution in [0.4, 0.5) is 8.78 Å². The number of alkyl halides is 2. The average Bonchev–Trinajstić information content (AvgIpc) is 2.36. The third-order valence-electron chi connectivity index (χ3n) is 2.11. The second-order valence-corrected chi connectivity index (χ2v) is 3.15. The summed E-state index contributed by atoms with van der Waals surface area (Å²) in [6.45, 7) is 1.74. The monoisotopic (exact) mass is 176 g/mol. The molecule has 0 aromatic rings. The van der Waals surface area contributed by atoms with Gasteiger partial charge < -0.3 is 5.43 Å². The van der Waals surface area contributed by atoms with E-state index in [-0.39, 0.29) is 6.54 Å². The van der Waals surface area contributed by atoms with Gasteiger partial charge in [-0.1, -0.05) is 6.92 Å². The van der Waals surface area contributed by atoms with Crippen LogP contribution < -0.4 is 5.43 Å². The van der Waals surface area contributed by atoms with E-state index >= 15 is 0 Å². The predicted octanol–water partition coefficient (Wildman–Crippen LogP) is 2.02. The number of hydrazone groups is 1. The van der Waals surface area contributed by atoms with E-state index in [0.717, 1.165) is 25.0 Å². The maximum atomic E-state index is 11.7. The van der Waals surface area contributed by atoms with Crippen molar-refractivity contribution in [2.24, 2.45) is 11.0 Å². The lowest BCUT2D eigenvalue weighted by Crippen LogP contribution is -2.18. The van der Waals surface area contributed by atoms with Crippen LogP contribution in [-0.2, 0) is 0 Å². The van der Waals surface area contributed by atoms with Crippen molar-refractivity contribution in [3.63, 3.8) is 0 Å². The molecule has 1 N–H and O–H groups in total. The van der Waals surface area contributed by atoms with E-state index in [4.69, 9.17) is 0 Å². The van der Waals surface area contributed by atoms with Gasteiger partial charge in [0, 0.05) is 5.71 Å². The smallest absolute Gasteiger partial charge is 0.257 e. The minimum atomic E-state index is -2.31. The molecular formula is C8H14F2N2. The molecule has 1 fully saturated rings. The highest BCUT2D eigenvalue weighted by atomic mass is 19.3. The van der Waals surface area contributed by atoms with Crippen molar-refractivity contribution < 1.29 is 8.78 Å². The lowest BCUT2D eigenvalue weighted by Gasteiger charge is -2.04. The van der Waals surface area contributed by atoms with E-state index in [1.807, 2.05) is 0 Å². The first kappa shape index (κ1) is 9.42. The molecule has 1 atom stereocenters. The first-order valence-electron chi connectivity index (χ1n) is 4.27. The van der Waals surface area contributed by atoms with Crippen LogP contribution >= 0.6 is 0 Å². The number of hydrogen-bond acceptors (Lipinski definition) is 2. The van der Waals surface area contributed by atoms with Crippen LogP contribution in [0.25, 0.3) is 0 Å². The number of hydrogen-bond donors (Lipinski definition) is 1. The molecule has 0 aromatic heterocycles. The van der Waals surface area contributed by atoms with Gasteiger partial charge in [0.2, 0.25) is 0 Å². The van der Waals surface area contributed by atoms with Crippen molar-refractivity contribution in [1.29, 1.82) is 0 Å². The number of halogens is 2. The Hall–Kier alpha value is -0.670. The summed E-state index contributed by atoms with van der Waals surface area (Å²) in [7, 11) is 0. The topological polar surface area (TPSA) is 24.4 Å². The summed E-state index contributed by atoms with van der Waals surface area (Å²) in [5.41, 5.74) is 3.43. The third kappa shape index (κ3) is 2.75. The second-order valence-electron chi connectivity index (χ2n) is 3.15. The molecule has 0 spiro atoms. The molecule has 1 saturated carbocycles. The zero-order chi connectivity index (χ0) is 8.97. The summed E-state index contributed by atoms with van der Waals surface area (Å²) in [4.78, 5) is 0. The SMILES string of the molecule is CC1CCC/C1=N\NCC(F)F. The normalized spacial score (nSPS) is 27.0. The van der Waals surface area contributed by atoms with Crippen LogP contribution in [0.5, 0.6) is 0 Å². The van der Waals surface area contributed by atoms with Gasteiger partial charge in [0.15, 0.2) is 0 Å². The first-order valence-corrected chi connectivity index (χ1v) is 4.27. The quantitative estimate of drug-likeness (QED) is 0.653. The van der Waals surface area contributed by atoms with Gasteiger partial charge in [0.05, 0.1) is 6.54 Å². The summed E-state index contributed by atoms with van der Waals surface area (Å²) in [5, 5.41) is 3.93. The Balaban J connectivity index is 2.26. The van der Waals surface area contributed by atoms with Crippen LogP contribution in [-0.4, -0.2) is 18.7 Å². The Labute approximate surface area is 71.0 Å². The molecule has 0 aromatic carbocycles. The Bertz CT molecular complexity index is 168. The zero-order valence-electron chi connectivity index (χ0n) is 7.19. The maximum Gasteiger partial charge on any atom is 0.257 e. The highest BCUT2D eigenvalue weighted by molar-refractivity contribution is 5.87. The lowest BCUT2D eigenvalue weighted by molar-refractivity contribution is 0.146. The fourth-order valence-electron chi connectivity index (χ4n) is 1.38. The zero-order valence-corrected chi connectivity index (χ0v) is 7.19. The van der Waals surface area contributed by atoms with E-state index in [2.05, 4.69) is 17.5 Å². The van der Waals surface area contributed by atoms with E-state index in [1.165, 1.54) is 0 Å². The van der Waals surface area contributed by atoms with Gasteiger partial charge >= 0.3 is 0 Å². The van der Waals surface area contributed by atoms with Crippen molar-refractivity contribution >= 4 is 5.71 Å². The molecule has 1 aliphatic rings. The van der Waals surface area contributed by atoms with Gasteiger partial charge in [-0.2, -0.15) is 5.10 Å². The molecule has 0 amide bonds. The molecule has 0 radical (unpaired) electrons. The van der Waals surface area contributed by atoms with Crippen molar-refractivity contribution in [2.75, 3.05) is 6.54 Å². The third-order valence-corrected chi connectivity index (χ3v) is 2.11. The molecule has 1 unspecified atom stereocenters. The molecular weight excluding hydrogens is 162 g/mol. The largest absolute Gasteiger partial charge is 0.304 e. The van der Waals surface area contributed by atoms with Crippen LogP contribution in [0, 0.1) is 5.92 Å². The van der Waals surface area contributed by atoms with Crippen molar-refractivity contribution in [3.8, 4) is 0 Å². The Morgan fingerprint density at radius 2 is 2.42 bits per heavy atom. The Morgan fingerprint density at radius 1 is 1.67 bits per heavy atom. The van der Waals surface area contributed by atoms with Gasteiger partial charge in [0.25, 0.3) is 6.43 Å². The van der Waals surface area contributed by atoms with Gasteiger partial charge in [-0.3, -0.25) is 0 Å². The van der Waals surface area contributed by atoms with E-state index < -0.39 is 6.43 Å². The molecule has 0 saturated heterocycles. The Kier molecular flexibility index (Phi) is 3.44. The van der Waals surface area contributed by atoms with E-state index in [0.29, 0.717) is 5.92 Å². The number of rotatable bonds is 3. The van der Waals surface area contributed by atoms with Crippen LogP contribution in [0.1, 0.15) is 26.2 Å². The molecule has 1 rings (SSSR count). The fourth-order valence-corrected chi connectivity index (χ4v) is 1.38. The summed E-state index contributed by atoms with van der Waals surface area (Å²) in [6, 6.07) is 0. The average molecular weight is 176 g/mol.